The van der Waals surface area contributed by atoms with Crippen molar-refractivity contribution < 1.29 is 9.22 Å². The van der Waals surface area contributed by atoms with Crippen molar-refractivity contribution in [2.45, 2.75) is 40.5 Å². The third-order valence-corrected chi connectivity index (χ3v) is 2.90. The molecule has 0 aliphatic rings. The Balaban J connectivity index is 3.97. The van der Waals surface area contributed by atoms with Crippen molar-refractivity contribution >= 4 is 0 Å². The maximum atomic E-state index is 5.55. The van der Waals surface area contributed by atoms with E-state index in [-0.39, 0.29) is 0 Å². The van der Waals surface area contributed by atoms with Crippen LogP contribution < -0.4 is 0 Å². The highest BCUT2D eigenvalue weighted by Crippen LogP contribution is 2.09. The van der Waals surface area contributed by atoms with Gasteiger partial charge in [-0.25, -0.2) is 0 Å². The lowest BCUT2D eigenvalue weighted by molar-refractivity contribution is -0.942. The molecule has 0 aliphatic carbocycles. The highest BCUT2D eigenvalue weighted by molar-refractivity contribution is 4.37. The topological polar surface area (TPSA) is 9.23 Å². The van der Waals surface area contributed by atoms with Crippen molar-refractivity contribution in [2.24, 2.45) is 0 Å². The highest BCUT2D eigenvalue weighted by Gasteiger charge is 2.21. The van der Waals surface area contributed by atoms with Crippen LogP contribution in [-0.2, 0) is 4.74 Å². The van der Waals surface area contributed by atoms with Crippen LogP contribution in [0.5, 0.6) is 0 Å². The molecule has 0 rings (SSSR count). The Morgan fingerprint density at radius 2 is 1.62 bits per heavy atom. The van der Waals surface area contributed by atoms with E-state index in [2.05, 4.69) is 27.7 Å². The molecule has 0 N–H and O–H groups in total. The summed E-state index contributed by atoms with van der Waals surface area (Å²) in [7, 11) is 0. The summed E-state index contributed by atoms with van der Waals surface area (Å²) < 4.78 is 6.68. The fourth-order valence-electron chi connectivity index (χ4n) is 1.57. The molecule has 0 heterocycles. The summed E-state index contributed by atoms with van der Waals surface area (Å²) in [4.78, 5) is 0. The average Bonchev–Trinajstić information content (AvgIpc) is 2.20. The SMILES string of the molecule is CCCC[N+](CC)(CC)COCC. The fourth-order valence-corrected chi connectivity index (χ4v) is 1.57. The summed E-state index contributed by atoms with van der Waals surface area (Å²) in [5.41, 5.74) is 0. The standard InChI is InChI=1S/C11H26NO/c1-5-9-10-12(6-2,7-3)11-13-8-4/h5-11H2,1-4H3/q+1. The molecule has 0 saturated carbocycles. The van der Waals surface area contributed by atoms with E-state index in [1.54, 1.807) is 0 Å². The Kier molecular flexibility index (Phi) is 7.29. The van der Waals surface area contributed by atoms with Gasteiger partial charge in [0.15, 0.2) is 6.73 Å². The van der Waals surface area contributed by atoms with Crippen molar-refractivity contribution in [2.75, 3.05) is 33.0 Å². The van der Waals surface area contributed by atoms with Crippen LogP contribution in [0.1, 0.15) is 40.5 Å². The van der Waals surface area contributed by atoms with Gasteiger partial charge in [-0.1, -0.05) is 13.3 Å². The lowest BCUT2D eigenvalue weighted by atomic mass is 10.2. The lowest BCUT2D eigenvalue weighted by Crippen LogP contribution is -2.49. The van der Waals surface area contributed by atoms with Gasteiger partial charge in [0.2, 0.25) is 0 Å². The first-order valence-electron chi connectivity index (χ1n) is 5.67. The number of rotatable bonds is 8. The number of nitrogens with zero attached hydrogens (tertiary/aromatic N) is 1. The van der Waals surface area contributed by atoms with Gasteiger partial charge in [-0.3, -0.25) is 0 Å². The van der Waals surface area contributed by atoms with Gasteiger partial charge in [0.05, 0.1) is 19.6 Å². The monoisotopic (exact) mass is 188 g/mol. The minimum atomic E-state index is 0.839. The largest absolute Gasteiger partial charge is 0.332 e. The van der Waals surface area contributed by atoms with Gasteiger partial charge in [-0.15, -0.1) is 0 Å². The summed E-state index contributed by atoms with van der Waals surface area (Å²) in [6, 6.07) is 0. The normalized spacial score (nSPS) is 12.0. The maximum Gasteiger partial charge on any atom is 0.183 e. The molecule has 0 amide bonds. The van der Waals surface area contributed by atoms with Gasteiger partial charge in [0.1, 0.15) is 0 Å². The number of ether oxygens (including phenoxy) is 1. The van der Waals surface area contributed by atoms with E-state index >= 15 is 0 Å². The van der Waals surface area contributed by atoms with Gasteiger partial charge < -0.3 is 9.22 Å². The van der Waals surface area contributed by atoms with Crippen molar-refractivity contribution in [3.63, 3.8) is 0 Å². The first-order chi connectivity index (χ1) is 6.24. The molecular weight excluding hydrogens is 162 g/mol. The van der Waals surface area contributed by atoms with E-state index < -0.39 is 0 Å². The van der Waals surface area contributed by atoms with Gasteiger partial charge in [0, 0.05) is 6.61 Å². The van der Waals surface area contributed by atoms with Crippen LogP contribution in [0.4, 0.5) is 0 Å². The Bertz CT molecular complexity index is 101. The minimum Gasteiger partial charge on any atom is -0.332 e. The van der Waals surface area contributed by atoms with E-state index in [1.807, 2.05) is 0 Å². The van der Waals surface area contributed by atoms with E-state index in [1.165, 1.54) is 32.5 Å². The molecule has 80 valence electrons. The molecule has 0 unspecified atom stereocenters. The third kappa shape index (κ3) is 4.63. The second kappa shape index (κ2) is 7.34. The summed E-state index contributed by atoms with van der Waals surface area (Å²) in [6.07, 6.45) is 2.60. The van der Waals surface area contributed by atoms with Gasteiger partial charge in [-0.2, -0.15) is 0 Å². The quantitative estimate of drug-likeness (QED) is 0.420. The molecular formula is C11H26NO+. The Morgan fingerprint density at radius 1 is 1.00 bits per heavy atom. The van der Waals surface area contributed by atoms with Crippen LogP contribution in [0.3, 0.4) is 0 Å². The van der Waals surface area contributed by atoms with Crippen LogP contribution in [0.2, 0.25) is 0 Å². The first kappa shape index (κ1) is 12.9. The molecule has 0 spiro atoms. The predicted octanol–water partition coefficient (Wildman–Crippen LogP) is 2.64. The van der Waals surface area contributed by atoms with Crippen LogP contribution in [0.15, 0.2) is 0 Å². The number of unbranched alkanes of at least 4 members (excludes halogenated alkanes) is 1. The molecule has 0 aliphatic heterocycles. The molecule has 0 aromatic carbocycles. The van der Waals surface area contributed by atoms with E-state index in [0.717, 1.165) is 17.8 Å². The molecule has 2 nitrogen and oxygen atoms in total. The maximum absolute atomic E-state index is 5.55. The van der Waals surface area contributed by atoms with Crippen LogP contribution >= 0.6 is 0 Å². The molecule has 13 heavy (non-hydrogen) atoms. The molecule has 0 radical (unpaired) electrons. The molecule has 0 aromatic heterocycles. The number of hydrogen-bond acceptors (Lipinski definition) is 1. The van der Waals surface area contributed by atoms with Crippen LogP contribution in [0, 0.1) is 0 Å². The van der Waals surface area contributed by atoms with Gasteiger partial charge >= 0.3 is 0 Å². The van der Waals surface area contributed by atoms with Crippen molar-refractivity contribution in [3.8, 4) is 0 Å². The summed E-state index contributed by atoms with van der Waals surface area (Å²) in [5, 5.41) is 0. The second-order valence-corrected chi connectivity index (χ2v) is 3.67. The summed E-state index contributed by atoms with van der Waals surface area (Å²) in [6.45, 7) is 14.2. The lowest BCUT2D eigenvalue weighted by Gasteiger charge is -2.36. The molecule has 0 fully saturated rings. The minimum absolute atomic E-state index is 0.839. The third-order valence-electron chi connectivity index (χ3n) is 2.90. The number of quaternary nitrogens is 1. The Labute approximate surface area is 83.5 Å². The Morgan fingerprint density at radius 3 is 2.00 bits per heavy atom. The van der Waals surface area contributed by atoms with Crippen LogP contribution in [-0.4, -0.2) is 37.5 Å². The van der Waals surface area contributed by atoms with E-state index in [0.29, 0.717) is 0 Å². The van der Waals surface area contributed by atoms with Crippen molar-refractivity contribution in [1.29, 1.82) is 0 Å². The summed E-state index contributed by atoms with van der Waals surface area (Å²) in [5.74, 6) is 0. The van der Waals surface area contributed by atoms with Crippen LogP contribution in [0.25, 0.3) is 0 Å². The zero-order valence-corrected chi connectivity index (χ0v) is 9.81. The molecule has 0 aromatic rings. The number of hydrogen-bond donors (Lipinski definition) is 0. The molecule has 0 atom stereocenters. The highest BCUT2D eigenvalue weighted by atomic mass is 16.5. The fraction of sp³-hybridized carbons (Fsp3) is 1.00. The molecule has 2 heteroatoms. The predicted molar refractivity (Wildman–Crippen MR) is 57.6 cm³/mol. The van der Waals surface area contributed by atoms with Gasteiger partial charge in [-0.05, 0) is 27.2 Å². The zero-order valence-electron chi connectivity index (χ0n) is 9.81. The van der Waals surface area contributed by atoms with E-state index in [4.69, 9.17) is 4.74 Å². The van der Waals surface area contributed by atoms with Crippen molar-refractivity contribution in [3.05, 3.63) is 0 Å². The molecule has 0 bridgehead atoms. The first-order valence-corrected chi connectivity index (χ1v) is 5.67. The Hall–Kier alpha value is -0.0800. The zero-order chi connectivity index (χ0) is 10.2. The summed E-state index contributed by atoms with van der Waals surface area (Å²) >= 11 is 0. The van der Waals surface area contributed by atoms with E-state index in [9.17, 15) is 0 Å². The smallest absolute Gasteiger partial charge is 0.183 e. The second-order valence-electron chi connectivity index (χ2n) is 3.67. The van der Waals surface area contributed by atoms with Crippen molar-refractivity contribution in [1.82, 2.24) is 0 Å². The molecule has 0 saturated heterocycles. The average molecular weight is 188 g/mol. The van der Waals surface area contributed by atoms with Gasteiger partial charge in [0.25, 0.3) is 0 Å².